The van der Waals surface area contributed by atoms with Gasteiger partial charge < -0.3 is 0 Å². The van der Waals surface area contributed by atoms with Gasteiger partial charge in [-0.05, 0) is 104 Å². The largest absolute Gasteiger partial charge is 0.248 e. The molecule has 3 aliphatic carbocycles. The molecule has 0 aliphatic heterocycles. The lowest BCUT2D eigenvalue weighted by atomic mass is 9.64. The Balaban J connectivity index is 1.36. The van der Waals surface area contributed by atoms with Crippen LogP contribution < -0.4 is 0 Å². The minimum absolute atomic E-state index is 0.140. The minimum atomic E-state index is 0.140. The van der Waals surface area contributed by atoms with E-state index in [1.807, 2.05) is 0 Å². The SMILES string of the molecule is Cc1c2cc3ccccc3cc2c(C)c2cc3nc4c(nc3cc12)C1c2ccccc2C4c2ccccc21. The van der Waals surface area contributed by atoms with Gasteiger partial charge in [0.25, 0.3) is 0 Å². The molecule has 178 valence electrons. The van der Waals surface area contributed by atoms with Gasteiger partial charge in [-0.1, -0.05) is 72.8 Å². The summed E-state index contributed by atoms with van der Waals surface area (Å²) in [7, 11) is 0. The van der Waals surface area contributed by atoms with Gasteiger partial charge in [0.2, 0.25) is 0 Å². The molecule has 7 aromatic rings. The third-order valence-corrected chi connectivity index (χ3v) is 9.14. The number of nitrogens with zero attached hydrogens (tertiary/aromatic N) is 2. The Bertz CT molecular complexity index is 1970. The molecule has 10 rings (SSSR count). The molecule has 3 aliphatic rings. The van der Waals surface area contributed by atoms with Gasteiger partial charge in [-0.25, -0.2) is 9.97 Å². The average molecular weight is 485 g/mol. The number of benzene rings is 6. The Morgan fingerprint density at radius 2 is 0.789 bits per heavy atom. The van der Waals surface area contributed by atoms with Gasteiger partial charge in [0.15, 0.2) is 0 Å². The Morgan fingerprint density at radius 1 is 0.447 bits per heavy atom. The van der Waals surface area contributed by atoms with Crippen molar-refractivity contribution in [2.75, 3.05) is 0 Å². The van der Waals surface area contributed by atoms with Gasteiger partial charge in [0.05, 0.1) is 34.3 Å². The van der Waals surface area contributed by atoms with E-state index >= 15 is 0 Å². The highest BCUT2D eigenvalue weighted by Gasteiger charge is 2.43. The van der Waals surface area contributed by atoms with Crippen molar-refractivity contribution in [2.45, 2.75) is 25.7 Å². The summed E-state index contributed by atoms with van der Waals surface area (Å²) in [4.78, 5) is 10.8. The normalized spacial score (nSPS) is 17.2. The molecule has 2 nitrogen and oxygen atoms in total. The first-order valence-corrected chi connectivity index (χ1v) is 13.4. The van der Waals surface area contributed by atoms with E-state index in [9.17, 15) is 0 Å². The highest BCUT2D eigenvalue weighted by atomic mass is 14.9. The molecule has 0 N–H and O–H groups in total. The number of hydrogen-bond acceptors (Lipinski definition) is 2. The fraction of sp³-hybridized carbons (Fsp3) is 0.111. The quantitative estimate of drug-likeness (QED) is 0.201. The van der Waals surface area contributed by atoms with Crippen molar-refractivity contribution in [3.8, 4) is 0 Å². The second-order valence-electron chi connectivity index (χ2n) is 11.0. The van der Waals surface area contributed by atoms with Gasteiger partial charge in [-0.2, -0.15) is 0 Å². The molecule has 0 spiro atoms. The molecular weight excluding hydrogens is 460 g/mol. The Hall–Kier alpha value is -4.56. The van der Waals surface area contributed by atoms with Crippen molar-refractivity contribution in [1.82, 2.24) is 9.97 Å². The molecular formula is C36H24N2. The van der Waals surface area contributed by atoms with Crippen LogP contribution in [-0.2, 0) is 0 Å². The van der Waals surface area contributed by atoms with E-state index in [1.54, 1.807) is 0 Å². The van der Waals surface area contributed by atoms with Crippen LogP contribution in [0, 0.1) is 13.8 Å². The van der Waals surface area contributed by atoms with Crippen molar-refractivity contribution < 1.29 is 0 Å². The number of hydrogen-bond donors (Lipinski definition) is 0. The first-order chi connectivity index (χ1) is 18.7. The van der Waals surface area contributed by atoms with Crippen LogP contribution in [0.4, 0.5) is 0 Å². The molecule has 0 atom stereocenters. The van der Waals surface area contributed by atoms with Gasteiger partial charge in [0, 0.05) is 0 Å². The number of rotatable bonds is 0. The standard InChI is InChI=1S/C36H24N2/c1-19-27-15-21-9-3-4-10-22(21)16-28(27)20(2)30-18-32-31(17-29(19)30)37-35-33-23-11-5-7-13-25(23)34(36(35)38-32)26-14-8-6-12-24(26)33/h3-18,33-34H,1-2H3. The van der Waals surface area contributed by atoms with Crippen LogP contribution in [0.1, 0.15) is 56.6 Å². The maximum atomic E-state index is 5.38. The second kappa shape index (κ2) is 7.05. The Labute approximate surface area is 220 Å². The number of aryl methyl sites for hydroxylation is 2. The molecule has 38 heavy (non-hydrogen) atoms. The van der Waals surface area contributed by atoms with E-state index in [4.69, 9.17) is 9.97 Å². The Kier molecular flexibility index (Phi) is 3.80. The minimum Gasteiger partial charge on any atom is -0.248 e. The van der Waals surface area contributed by atoms with E-state index in [2.05, 4.69) is 111 Å². The zero-order valence-corrected chi connectivity index (χ0v) is 21.3. The number of fused-ring (bicyclic) bond motifs is 4. The second-order valence-corrected chi connectivity index (χ2v) is 11.0. The van der Waals surface area contributed by atoms with Crippen molar-refractivity contribution in [2.24, 2.45) is 0 Å². The molecule has 6 aromatic carbocycles. The summed E-state index contributed by atoms with van der Waals surface area (Å²) < 4.78 is 0. The molecule has 0 saturated carbocycles. The lowest BCUT2D eigenvalue weighted by Gasteiger charge is -2.40. The van der Waals surface area contributed by atoms with Crippen LogP contribution in [0.2, 0.25) is 0 Å². The molecule has 0 amide bonds. The zero-order chi connectivity index (χ0) is 25.1. The molecule has 0 saturated heterocycles. The van der Waals surface area contributed by atoms with Crippen LogP contribution in [0.25, 0.3) is 43.4 Å². The fourth-order valence-electron chi connectivity index (χ4n) is 7.32. The summed E-state index contributed by atoms with van der Waals surface area (Å²) >= 11 is 0. The van der Waals surface area contributed by atoms with Crippen molar-refractivity contribution >= 4 is 43.4 Å². The van der Waals surface area contributed by atoms with E-state index < -0.39 is 0 Å². The summed E-state index contributed by atoms with van der Waals surface area (Å²) in [5, 5.41) is 7.75. The molecule has 0 unspecified atom stereocenters. The molecule has 1 heterocycles. The summed E-state index contributed by atoms with van der Waals surface area (Å²) in [6.07, 6.45) is 0. The van der Waals surface area contributed by atoms with Crippen molar-refractivity contribution in [3.05, 3.63) is 142 Å². The van der Waals surface area contributed by atoms with Crippen LogP contribution >= 0.6 is 0 Å². The molecule has 2 heteroatoms. The lowest BCUT2D eigenvalue weighted by molar-refractivity contribution is 0.709. The smallest absolute Gasteiger partial charge is 0.0897 e. The maximum absolute atomic E-state index is 5.38. The summed E-state index contributed by atoms with van der Waals surface area (Å²) in [5.41, 5.74) is 12.4. The molecule has 1 aromatic heterocycles. The third kappa shape index (κ3) is 2.48. The van der Waals surface area contributed by atoms with E-state index in [0.717, 1.165) is 22.4 Å². The maximum Gasteiger partial charge on any atom is 0.0897 e. The summed E-state index contributed by atoms with van der Waals surface area (Å²) in [6, 6.07) is 35.7. The van der Waals surface area contributed by atoms with E-state index in [0.29, 0.717) is 0 Å². The molecule has 0 fully saturated rings. The zero-order valence-electron chi connectivity index (χ0n) is 21.3. The first kappa shape index (κ1) is 20.5. The lowest BCUT2D eigenvalue weighted by Crippen LogP contribution is -2.29. The molecule has 0 radical (unpaired) electrons. The highest BCUT2D eigenvalue weighted by Crippen LogP contribution is 2.54. The predicted molar refractivity (Wildman–Crippen MR) is 156 cm³/mol. The van der Waals surface area contributed by atoms with Crippen LogP contribution in [0.15, 0.2) is 97.1 Å². The molecule has 2 bridgehead atoms. The van der Waals surface area contributed by atoms with E-state index in [1.165, 1.54) is 65.7 Å². The fourth-order valence-corrected chi connectivity index (χ4v) is 7.32. The third-order valence-electron chi connectivity index (χ3n) is 9.14. The Morgan fingerprint density at radius 3 is 1.18 bits per heavy atom. The predicted octanol–water partition coefficient (Wildman–Crippen LogP) is 8.69. The van der Waals surface area contributed by atoms with Gasteiger partial charge >= 0.3 is 0 Å². The van der Waals surface area contributed by atoms with Crippen LogP contribution in [-0.4, -0.2) is 9.97 Å². The number of aromatic nitrogens is 2. The van der Waals surface area contributed by atoms with Gasteiger partial charge in [-0.15, -0.1) is 0 Å². The first-order valence-electron chi connectivity index (χ1n) is 13.4. The van der Waals surface area contributed by atoms with Gasteiger partial charge in [0.1, 0.15) is 0 Å². The monoisotopic (exact) mass is 484 g/mol. The van der Waals surface area contributed by atoms with Crippen molar-refractivity contribution in [3.63, 3.8) is 0 Å². The van der Waals surface area contributed by atoms with Crippen LogP contribution in [0.3, 0.4) is 0 Å². The van der Waals surface area contributed by atoms with Gasteiger partial charge in [-0.3, -0.25) is 0 Å². The topological polar surface area (TPSA) is 25.8 Å². The average Bonchev–Trinajstić information content (AvgIpc) is 2.97. The highest BCUT2D eigenvalue weighted by molar-refractivity contribution is 6.12. The summed E-state index contributed by atoms with van der Waals surface area (Å²) in [6.45, 7) is 4.51. The van der Waals surface area contributed by atoms with Crippen molar-refractivity contribution in [1.29, 1.82) is 0 Å². The van der Waals surface area contributed by atoms with Crippen LogP contribution in [0.5, 0.6) is 0 Å². The summed E-state index contributed by atoms with van der Waals surface area (Å²) in [5.74, 6) is 0.279. The van der Waals surface area contributed by atoms with E-state index in [-0.39, 0.29) is 11.8 Å².